The lowest BCUT2D eigenvalue weighted by Gasteiger charge is -2.09. The molecular formula is C12H11BrN6O. The fourth-order valence-electron chi connectivity index (χ4n) is 1.84. The van der Waals surface area contributed by atoms with Crippen LogP contribution in [0.4, 0.5) is 11.6 Å². The van der Waals surface area contributed by atoms with Gasteiger partial charge in [-0.15, -0.1) is 0 Å². The first-order valence-corrected chi connectivity index (χ1v) is 6.58. The zero-order valence-corrected chi connectivity index (χ0v) is 12.1. The van der Waals surface area contributed by atoms with Crippen LogP contribution >= 0.6 is 15.9 Å². The molecule has 0 aliphatic carbocycles. The Morgan fingerprint density at radius 2 is 2.00 bits per heavy atom. The van der Waals surface area contributed by atoms with Gasteiger partial charge >= 0.3 is 0 Å². The second-order valence-electron chi connectivity index (χ2n) is 4.28. The van der Waals surface area contributed by atoms with Crippen LogP contribution in [-0.2, 0) is 7.05 Å². The Kier molecular flexibility index (Phi) is 2.94. The fourth-order valence-corrected chi connectivity index (χ4v) is 2.11. The van der Waals surface area contributed by atoms with Crippen LogP contribution in [0.25, 0.3) is 11.0 Å². The molecule has 2 aromatic heterocycles. The van der Waals surface area contributed by atoms with E-state index < -0.39 is 0 Å². The summed E-state index contributed by atoms with van der Waals surface area (Å²) in [5, 5.41) is 7.50. The van der Waals surface area contributed by atoms with E-state index in [4.69, 9.17) is 5.84 Å². The van der Waals surface area contributed by atoms with Crippen molar-refractivity contribution in [1.82, 2.24) is 19.4 Å². The van der Waals surface area contributed by atoms with Crippen LogP contribution in [0.2, 0.25) is 0 Å². The average Bonchev–Trinajstić information content (AvgIpc) is 2.79. The number of aromatic nitrogens is 4. The van der Waals surface area contributed by atoms with E-state index >= 15 is 0 Å². The third-order valence-corrected chi connectivity index (χ3v) is 3.33. The summed E-state index contributed by atoms with van der Waals surface area (Å²) in [7, 11) is 1.73. The van der Waals surface area contributed by atoms with Crippen molar-refractivity contribution in [3.63, 3.8) is 0 Å². The first kappa shape index (κ1) is 12.7. The highest BCUT2D eigenvalue weighted by Gasteiger charge is 2.11. The van der Waals surface area contributed by atoms with Gasteiger partial charge in [0.05, 0.1) is 0 Å². The van der Waals surface area contributed by atoms with Crippen LogP contribution < -0.4 is 16.7 Å². The smallest absolute Gasteiger partial charge is 0.284 e. The predicted molar refractivity (Wildman–Crippen MR) is 80.3 cm³/mol. The van der Waals surface area contributed by atoms with E-state index in [-0.39, 0.29) is 11.5 Å². The number of benzene rings is 1. The molecule has 102 valence electrons. The number of hydrogen-bond donors (Lipinski definition) is 2. The summed E-state index contributed by atoms with van der Waals surface area (Å²) in [6, 6.07) is 7.44. The zero-order chi connectivity index (χ0) is 14.3. The number of nitrogens with zero attached hydrogens (tertiary/aromatic N) is 4. The number of nitrogens with one attached hydrogen (secondary N) is 1. The molecule has 0 unspecified atom stereocenters. The van der Waals surface area contributed by atoms with Crippen LogP contribution in [0.1, 0.15) is 0 Å². The van der Waals surface area contributed by atoms with Crippen molar-refractivity contribution < 1.29 is 0 Å². The maximum absolute atomic E-state index is 12.1. The van der Waals surface area contributed by atoms with E-state index in [0.717, 1.165) is 14.8 Å². The van der Waals surface area contributed by atoms with E-state index in [2.05, 4.69) is 31.3 Å². The molecule has 0 atom stereocenters. The van der Waals surface area contributed by atoms with Crippen LogP contribution in [0.5, 0.6) is 0 Å². The summed E-state index contributed by atoms with van der Waals surface area (Å²) in [6.07, 6.45) is 1.59. The quantitative estimate of drug-likeness (QED) is 0.690. The monoisotopic (exact) mass is 334 g/mol. The second-order valence-corrected chi connectivity index (χ2v) is 5.20. The number of fused-ring (bicyclic) bond motifs is 1. The number of anilines is 2. The normalized spacial score (nSPS) is 10.9. The van der Waals surface area contributed by atoms with Gasteiger partial charge in [-0.05, 0) is 24.3 Å². The molecule has 0 saturated carbocycles. The Balaban J connectivity index is 2.09. The molecule has 1 aromatic carbocycles. The van der Waals surface area contributed by atoms with Crippen molar-refractivity contribution in [3.8, 4) is 0 Å². The summed E-state index contributed by atoms with van der Waals surface area (Å²) < 4.78 is 3.47. The maximum atomic E-state index is 12.1. The van der Waals surface area contributed by atoms with Gasteiger partial charge in [0.25, 0.3) is 5.56 Å². The lowest BCUT2D eigenvalue weighted by molar-refractivity contribution is 0.775. The second kappa shape index (κ2) is 4.64. The van der Waals surface area contributed by atoms with Gasteiger partial charge in [0, 0.05) is 23.4 Å². The molecule has 3 rings (SSSR count). The van der Waals surface area contributed by atoms with Gasteiger partial charge in [-0.2, -0.15) is 14.8 Å². The molecule has 0 radical (unpaired) electrons. The molecule has 0 aliphatic heterocycles. The van der Waals surface area contributed by atoms with Gasteiger partial charge in [-0.25, -0.2) is 0 Å². The van der Waals surface area contributed by atoms with Crippen molar-refractivity contribution in [3.05, 3.63) is 45.3 Å². The van der Waals surface area contributed by atoms with Crippen molar-refractivity contribution in [2.24, 2.45) is 7.05 Å². The van der Waals surface area contributed by atoms with Crippen molar-refractivity contribution >= 4 is 38.6 Å². The number of nitrogens with two attached hydrogens (primary N) is 1. The number of aryl methyl sites for hydroxylation is 1. The van der Waals surface area contributed by atoms with Gasteiger partial charge in [0.15, 0.2) is 5.65 Å². The lowest BCUT2D eigenvalue weighted by Crippen LogP contribution is -2.30. The SMILES string of the molecule is Cn1cc2c(=O)n(N)c(Nc3ccc(Br)cc3)nc2n1. The highest BCUT2D eigenvalue weighted by Crippen LogP contribution is 2.17. The first-order chi connectivity index (χ1) is 9.54. The molecule has 0 amide bonds. The zero-order valence-electron chi connectivity index (χ0n) is 10.5. The standard InChI is InChI=1S/C12H11BrN6O/c1-18-6-9-10(17-18)16-12(19(14)11(9)20)15-8-4-2-7(13)3-5-8/h2-6H,14H2,1H3,(H,15,16,17). The Hall–Kier alpha value is -2.35. The van der Waals surface area contributed by atoms with Crippen LogP contribution in [0.15, 0.2) is 39.7 Å². The third-order valence-electron chi connectivity index (χ3n) is 2.80. The molecule has 3 aromatic rings. The lowest BCUT2D eigenvalue weighted by atomic mass is 10.3. The minimum Gasteiger partial charge on any atom is -0.333 e. The summed E-state index contributed by atoms with van der Waals surface area (Å²) in [5.74, 6) is 6.01. The minimum atomic E-state index is -0.345. The number of halogens is 1. The van der Waals surface area contributed by atoms with E-state index in [1.165, 1.54) is 4.68 Å². The van der Waals surface area contributed by atoms with E-state index in [9.17, 15) is 4.79 Å². The van der Waals surface area contributed by atoms with Gasteiger partial charge in [0.1, 0.15) is 5.39 Å². The average molecular weight is 335 g/mol. The Bertz CT molecular complexity index is 836. The van der Waals surface area contributed by atoms with Gasteiger partial charge < -0.3 is 11.2 Å². The topological polar surface area (TPSA) is 90.8 Å². The van der Waals surface area contributed by atoms with E-state index in [1.807, 2.05) is 24.3 Å². The van der Waals surface area contributed by atoms with Crippen molar-refractivity contribution in [2.45, 2.75) is 0 Å². The van der Waals surface area contributed by atoms with Crippen LogP contribution in [0.3, 0.4) is 0 Å². The molecule has 3 N–H and O–H groups in total. The molecule has 0 aliphatic rings. The summed E-state index contributed by atoms with van der Waals surface area (Å²) >= 11 is 3.36. The Morgan fingerprint density at radius 3 is 2.70 bits per heavy atom. The van der Waals surface area contributed by atoms with Gasteiger partial charge in [0.2, 0.25) is 5.95 Å². The Morgan fingerprint density at radius 1 is 1.30 bits per heavy atom. The molecule has 8 heteroatoms. The number of nitrogen functional groups attached to an aromatic ring is 1. The maximum Gasteiger partial charge on any atom is 0.284 e. The Labute approximate surface area is 122 Å². The molecule has 2 heterocycles. The number of rotatable bonds is 2. The van der Waals surface area contributed by atoms with Crippen molar-refractivity contribution in [2.75, 3.05) is 11.2 Å². The summed E-state index contributed by atoms with van der Waals surface area (Å²) in [6.45, 7) is 0. The largest absolute Gasteiger partial charge is 0.333 e. The number of hydrogen-bond acceptors (Lipinski definition) is 5. The minimum absolute atomic E-state index is 0.239. The fraction of sp³-hybridized carbons (Fsp3) is 0.0833. The van der Waals surface area contributed by atoms with Gasteiger partial charge in [-0.3, -0.25) is 9.48 Å². The van der Waals surface area contributed by atoms with Crippen LogP contribution in [-0.4, -0.2) is 19.4 Å². The molecule has 0 spiro atoms. The predicted octanol–water partition coefficient (Wildman–Crippen LogP) is 1.35. The van der Waals surface area contributed by atoms with E-state index in [0.29, 0.717) is 11.0 Å². The highest BCUT2D eigenvalue weighted by atomic mass is 79.9. The summed E-state index contributed by atoms with van der Waals surface area (Å²) in [5.41, 5.74) is 0.788. The molecule has 20 heavy (non-hydrogen) atoms. The van der Waals surface area contributed by atoms with E-state index in [1.54, 1.807) is 13.2 Å². The molecule has 0 saturated heterocycles. The van der Waals surface area contributed by atoms with Crippen molar-refractivity contribution in [1.29, 1.82) is 0 Å². The first-order valence-electron chi connectivity index (χ1n) is 5.78. The van der Waals surface area contributed by atoms with Crippen LogP contribution in [0, 0.1) is 0 Å². The molecule has 0 bridgehead atoms. The molecule has 7 nitrogen and oxygen atoms in total. The molecular weight excluding hydrogens is 324 g/mol. The van der Waals surface area contributed by atoms with Gasteiger partial charge in [-0.1, -0.05) is 15.9 Å². The third kappa shape index (κ3) is 2.14. The highest BCUT2D eigenvalue weighted by molar-refractivity contribution is 9.10. The molecule has 0 fully saturated rings. The summed E-state index contributed by atoms with van der Waals surface area (Å²) in [4.78, 5) is 16.4.